The summed E-state index contributed by atoms with van der Waals surface area (Å²) in [6.45, 7) is 7.00. The molecule has 1 aliphatic rings. The number of carbonyl (C=O) groups is 1. The molecule has 2 aromatic carbocycles. The number of amides is 1. The molecule has 0 radical (unpaired) electrons. The van der Waals surface area contributed by atoms with Crippen LogP contribution in [0.1, 0.15) is 37.8 Å². The van der Waals surface area contributed by atoms with Gasteiger partial charge in [-0.1, -0.05) is 54.1 Å². The monoisotopic (exact) mass is 384 g/mol. The molecule has 1 N–H and O–H groups in total. The van der Waals surface area contributed by atoms with Gasteiger partial charge in [-0.15, -0.1) is 0 Å². The van der Waals surface area contributed by atoms with Crippen molar-refractivity contribution in [2.45, 2.75) is 45.2 Å². The SMILES string of the molecule is CC(C)(Cc1ccccc1)NC(=O)C1CCN(Cc2cccc(Cl)c2)CC1. The summed E-state index contributed by atoms with van der Waals surface area (Å²) in [5.41, 5.74) is 2.24. The molecule has 0 spiro atoms. The molecule has 0 saturated carbocycles. The van der Waals surface area contributed by atoms with Crippen molar-refractivity contribution in [1.82, 2.24) is 10.2 Å². The van der Waals surface area contributed by atoms with Gasteiger partial charge in [-0.3, -0.25) is 9.69 Å². The first-order valence-corrected chi connectivity index (χ1v) is 10.1. The highest BCUT2D eigenvalue weighted by Crippen LogP contribution is 2.22. The summed E-state index contributed by atoms with van der Waals surface area (Å²) in [4.78, 5) is 15.2. The Kier molecular flexibility index (Phi) is 6.56. The van der Waals surface area contributed by atoms with Crippen molar-refractivity contribution in [2.75, 3.05) is 13.1 Å². The van der Waals surface area contributed by atoms with Crippen LogP contribution in [0.15, 0.2) is 54.6 Å². The lowest BCUT2D eigenvalue weighted by Gasteiger charge is -2.34. The smallest absolute Gasteiger partial charge is 0.223 e. The number of nitrogens with one attached hydrogen (secondary N) is 1. The summed E-state index contributed by atoms with van der Waals surface area (Å²) in [7, 11) is 0. The normalized spacial score (nSPS) is 16.3. The van der Waals surface area contributed by atoms with Crippen LogP contribution in [-0.2, 0) is 17.8 Å². The molecule has 3 nitrogen and oxygen atoms in total. The number of hydrogen-bond donors (Lipinski definition) is 1. The molecule has 4 heteroatoms. The molecular weight excluding hydrogens is 356 g/mol. The zero-order valence-corrected chi connectivity index (χ0v) is 17.0. The van der Waals surface area contributed by atoms with Crippen LogP contribution in [0.25, 0.3) is 0 Å². The van der Waals surface area contributed by atoms with E-state index in [0.29, 0.717) is 0 Å². The maximum absolute atomic E-state index is 12.8. The van der Waals surface area contributed by atoms with Gasteiger partial charge in [0.05, 0.1) is 0 Å². The molecule has 1 fully saturated rings. The molecule has 1 amide bonds. The first-order valence-electron chi connectivity index (χ1n) is 9.74. The van der Waals surface area contributed by atoms with E-state index in [1.54, 1.807) is 0 Å². The van der Waals surface area contributed by atoms with Crippen LogP contribution in [0.5, 0.6) is 0 Å². The molecule has 1 heterocycles. The summed E-state index contributed by atoms with van der Waals surface area (Å²) >= 11 is 6.08. The lowest BCUT2D eigenvalue weighted by molar-refractivity contribution is -0.128. The van der Waals surface area contributed by atoms with E-state index in [4.69, 9.17) is 11.6 Å². The fourth-order valence-electron chi connectivity index (χ4n) is 3.83. The minimum atomic E-state index is -0.240. The van der Waals surface area contributed by atoms with Gasteiger partial charge in [0, 0.05) is 23.0 Å². The topological polar surface area (TPSA) is 32.3 Å². The van der Waals surface area contributed by atoms with Crippen LogP contribution in [0.3, 0.4) is 0 Å². The fraction of sp³-hybridized carbons (Fsp3) is 0.435. The van der Waals surface area contributed by atoms with Gasteiger partial charge < -0.3 is 5.32 Å². The third-order valence-electron chi connectivity index (χ3n) is 5.20. The van der Waals surface area contributed by atoms with Crippen LogP contribution in [0, 0.1) is 5.92 Å². The Morgan fingerprint density at radius 1 is 1.07 bits per heavy atom. The van der Waals surface area contributed by atoms with Crippen molar-refractivity contribution >= 4 is 17.5 Å². The summed E-state index contributed by atoms with van der Waals surface area (Å²) in [5.74, 6) is 0.300. The van der Waals surface area contributed by atoms with Gasteiger partial charge in [-0.2, -0.15) is 0 Å². The zero-order valence-electron chi connectivity index (χ0n) is 16.2. The Morgan fingerprint density at radius 2 is 1.74 bits per heavy atom. The standard InChI is InChI=1S/C23H29ClN2O/c1-23(2,16-18-7-4-3-5-8-18)25-22(27)20-11-13-26(14-12-20)17-19-9-6-10-21(24)15-19/h3-10,15,20H,11-14,16-17H2,1-2H3,(H,25,27). The number of piperidine rings is 1. The third-order valence-corrected chi connectivity index (χ3v) is 5.44. The quantitative estimate of drug-likeness (QED) is 0.783. The number of hydrogen-bond acceptors (Lipinski definition) is 2. The average molecular weight is 385 g/mol. The van der Waals surface area contributed by atoms with Crippen LogP contribution >= 0.6 is 11.6 Å². The van der Waals surface area contributed by atoms with Crippen LogP contribution in [0.2, 0.25) is 5.02 Å². The Hall–Kier alpha value is -1.84. The fourth-order valence-corrected chi connectivity index (χ4v) is 4.05. The second-order valence-corrected chi connectivity index (χ2v) is 8.65. The zero-order chi connectivity index (χ0) is 19.3. The Bertz CT molecular complexity index is 752. The van der Waals surface area contributed by atoms with Crippen LogP contribution in [0.4, 0.5) is 0 Å². The molecular formula is C23H29ClN2O. The van der Waals surface area contributed by atoms with E-state index >= 15 is 0 Å². The predicted octanol–water partition coefficient (Wildman–Crippen LogP) is 4.69. The molecule has 2 aromatic rings. The second kappa shape index (κ2) is 8.90. The van der Waals surface area contributed by atoms with Crippen LogP contribution < -0.4 is 5.32 Å². The van der Waals surface area contributed by atoms with Crippen molar-refractivity contribution in [2.24, 2.45) is 5.92 Å². The summed E-state index contributed by atoms with van der Waals surface area (Å²) < 4.78 is 0. The Balaban J connectivity index is 1.48. The molecule has 0 bridgehead atoms. The molecule has 1 saturated heterocycles. The van der Waals surface area contributed by atoms with Gasteiger partial charge in [0.15, 0.2) is 0 Å². The third kappa shape index (κ3) is 6.08. The molecule has 0 unspecified atom stereocenters. The van der Waals surface area contributed by atoms with Crippen molar-refractivity contribution in [3.8, 4) is 0 Å². The van der Waals surface area contributed by atoms with Crippen molar-refractivity contribution in [3.63, 3.8) is 0 Å². The van der Waals surface area contributed by atoms with Gasteiger partial charge in [-0.25, -0.2) is 0 Å². The van der Waals surface area contributed by atoms with E-state index in [1.807, 2.05) is 36.4 Å². The number of carbonyl (C=O) groups excluding carboxylic acids is 1. The molecule has 1 aliphatic heterocycles. The minimum Gasteiger partial charge on any atom is -0.351 e. The molecule has 0 aliphatic carbocycles. The highest BCUT2D eigenvalue weighted by atomic mass is 35.5. The van der Waals surface area contributed by atoms with Gasteiger partial charge in [0.2, 0.25) is 5.91 Å². The highest BCUT2D eigenvalue weighted by molar-refractivity contribution is 6.30. The van der Waals surface area contributed by atoms with Crippen molar-refractivity contribution < 1.29 is 4.79 Å². The summed E-state index contributed by atoms with van der Waals surface area (Å²) in [5, 5.41) is 4.05. The number of halogens is 1. The van der Waals surface area contributed by atoms with Crippen molar-refractivity contribution in [3.05, 3.63) is 70.7 Å². The summed E-state index contributed by atoms with van der Waals surface area (Å²) in [6.07, 6.45) is 2.66. The molecule has 0 atom stereocenters. The van der Waals surface area contributed by atoms with E-state index in [0.717, 1.165) is 43.9 Å². The molecule has 144 valence electrons. The Labute approximate surface area is 167 Å². The highest BCUT2D eigenvalue weighted by Gasteiger charge is 2.29. The lowest BCUT2D eigenvalue weighted by Crippen LogP contribution is -2.49. The first kappa shape index (κ1) is 19.9. The van der Waals surface area contributed by atoms with E-state index in [-0.39, 0.29) is 17.4 Å². The molecule has 27 heavy (non-hydrogen) atoms. The largest absolute Gasteiger partial charge is 0.351 e. The molecule has 0 aromatic heterocycles. The van der Waals surface area contributed by atoms with Gasteiger partial charge in [0.1, 0.15) is 0 Å². The van der Waals surface area contributed by atoms with Crippen LogP contribution in [-0.4, -0.2) is 29.4 Å². The Morgan fingerprint density at radius 3 is 2.41 bits per heavy atom. The maximum atomic E-state index is 12.8. The van der Waals surface area contributed by atoms with Gasteiger partial charge in [-0.05, 0) is 69.5 Å². The predicted molar refractivity (Wildman–Crippen MR) is 112 cm³/mol. The minimum absolute atomic E-state index is 0.107. The average Bonchev–Trinajstić information content (AvgIpc) is 2.62. The number of rotatable bonds is 6. The lowest BCUT2D eigenvalue weighted by atomic mass is 9.91. The van der Waals surface area contributed by atoms with Gasteiger partial charge in [0.25, 0.3) is 0 Å². The van der Waals surface area contributed by atoms with E-state index in [1.165, 1.54) is 11.1 Å². The van der Waals surface area contributed by atoms with E-state index in [2.05, 4.69) is 42.3 Å². The first-order chi connectivity index (χ1) is 12.9. The van der Waals surface area contributed by atoms with Gasteiger partial charge >= 0.3 is 0 Å². The maximum Gasteiger partial charge on any atom is 0.223 e. The molecule has 3 rings (SSSR count). The number of benzene rings is 2. The van der Waals surface area contributed by atoms with E-state index in [9.17, 15) is 4.79 Å². The van der Waals surface area contributed by atoms with Crippen molar-refractivity contribution in [1.29, 1.82) is 0 Å². The number of likely N-dealkylation sites (tertiary alicyclic amines) is 1. The number of nitrogens with zero attached hydrogens (tertiary/aromatic N) is 1. The second-order valence-electron chi connectivity index (χ2n) is 8.22. The summed E-state index contributed by atoms with van der Waals surface area (Å²) in [6, 6.07) is 18.4. The van der Waals surface area contributed by atoms with E-state index < -0.39 is 0 Å².